The molecule has 1 saturated heterocycles. The van der Waals surface area contributed by atoms with Crippen LogP contribution in [0.4, 0.5) is 0 Å². The number of aromatic nitrogens is 4. The van der Waals surface area contributed by atoms with Crippen molar-refractivity contribution < 1.29 is 13.2 Å². The van der Waals surface area contributed by atoms with Crippen molar-refractivity contribution in [1.29, 1.82) is 5.26 Å². The number of hydrogen-bond acceptors (Lipinski definition) is 6. The van der Waals surface area contributed by atoms with Crippen molar-refractivity contribution >= 4 is 29.1 Å². The van der Waals surface area contributed by atoms with Gasteiger partial charge in [0.1, 0.15) is 18.7 Å². The summed E-state index contributed by atoms with van der Waals surface area (Å²) in [5.41, 5.74) is 1.99. The van der Waals surface area contributed by atoms with Crippen LogP contribution in [0.3, 0.4) is 0 Å². The number of rotatable bonds is 11. The first-order valence-electron chi connectivity index (χ1n) is 12.5. The van der Waals surface area contributed by atoms with E-state index in [-0.39, 0.29) is 12.2 Å². The molecule has 0 bridgehead atoms. The Bertz CT molecular complexity index is 1390. The molecule has 2 aliphatic rings. The molecule has 9 nitrogen and oxygen atoms in total. The molecule has 1 aliphatic carbocycles. The van der Waals surface area contributed by atoms with E-state index in [9.17, 15) is 13.7 Å². The van der Waals surface area contributed by atoms with Crippen LogP contribution in [0.15, 0.2) is 37.1 Å². The van der Waals surface area contributed by atoms with E-state index in [4.69, 9.17) is 4.74 Å². The summed E-state index contributed by atoms with van der Waals surface area (Å²) in [6, 6.07) is 7.36. The SMILES string of the molecule is C[Si](C)(C)CCOCn1ccc2c(-c3ccn(C4(CC#N)CN(S(=O)(=O)CC5CC5)C4)c3)ncnc21. The lowest BCUT2D eigenvalue weighted by Crippen LogP contribution is -2.64. The fourth-order valence-corrected chi connectivity index (χ4v) is 7.49. The molecule has 0 spiro atoms. The van der Waals surface area contributed by atoms with Gasteiger partial charge in [0, 0.05) is 57.3 Å². The van der Waals surface area contributed by atoms with Crippen LogP contribution in [-0.2, 0) is 27.0 Å². The summed E-state index contributed by atoms with van der Waals surface area (Å²) in [6.07, 6.45) is 9.69. The summed E-state index contributed by atoms with van der Waals surface area (Å²) in [4.78, 5) is 9.04. The highest BCUT2D eigenvalue weighted by Crippen LogP contribution is 2.39. The van der Waals surface area contributed by atoms with Gasteiger partial charge >= 0.3 is 0 Å². The van der Waals surface area contributed by atoms with Crippen molar-refractivity contribution in [2.75, 3.05) is 25.4 Å². The van der Waals surface area contributed by atoms with Crippen LogP contribution in [0.25, 0.3) is 22.3 Å². The summed E-state index contributed by atoms with van der Waals surface area (Å²) in [5.74, 6) is 0.530. The lowest BCUT2D eigenvalue weighted by Gasteiger charge is -2.49. The van der Waals surface area contributed by atoms with E-state index in [2.05, 4.69) is 35.7 Å². The first-order valence-corrected chi connectivity index (χ1v) is 17.8. The first-order chi connectivity index (χ1) is 17.1. The molecule has 3 aromatic heterocycles. The molecule has 0 aromatic carbocycles. The second-order valence-corrected chi connectivity index (χ2v) is 19.1. The molecular formula is C25H34N6O3SSi. The number of ether oxygens (including phenoxy) is 1. The normalized spacial score (nSPS) is 18.3. The molecule has 0 radical (unpaired) electrons. The van der Waals surface area contributed by atoms with Crippen molar-refractivity contribution in [3.63, 3.8) is 0 Å². The predicted octanol–water partition coefficient (Wildman–Crippen LogP) is 3.88. The van der Waals surface area contributed by atoms with Crippen LogP contribution in [0.5, 0.6) is 0 Å². The molecule has 0 unspecified atom stereocenters. The average molecular weight is 527 g/mol. The fraction of sp³-hybridized carbons (Fsp3) is 0.560. The summed E-state index contributed by atoms with van der Waals surface area (Å²) in [5, 5.41) is 10.4. The molecule has 36 heavy (non-hydrogen) atoms. The number of hydrogen-bond donors (Lipinski definition) is 0. The monoisotopic (exact) mass is 526 g/mol. The number of nitrogens with zero attached hydrogens (tertiary/aromatic N) is 6. The Hall–Kier alpha value is -2.52. The summed E-state index contributed by atoms with van der Waals surface area (Å²) in [6.45, 7) is 8.85. The Kier molecular flexibility index (Phi) is 6.57. The second kappa shape index (κ2) is 9.41. The summed E-state index contributed by atoms with van der Waals surface area (Å²) >= 11 is 0. The van der Waals surface area contributed by atoms with E-state index >= 15 is 0 Å². The second-order valence-electron chi connectivity index (χ2n) is 11.4. The maximum Gasteiger partial charge on any atom is 0.214 e. The smallest absolute Gasteiger partial charge is 0.214 e. The Labute approximate surface area is 213 Å². The topological polar surface area (TPSA) is 106 Å². The highest BCUT2D eigenvalue weighted by atomic mass is 32.2. The molecule has 2 fully saturated rings. The van der Waals surface area contributed by atoms with Crippen LogP contribution in [-0.4, -0.2) is 65.3 Å². The highest BCUT2D eigenvalue weighted by molar-refractivity contribution is 7.89. The minimum atomic E-state index is -3.27. The van der Waals surface area contributed by atoms with Gasteiger partial charge in [-0.3, -0.25) is 0 Å². The van der Waals surface area contributed by atoms with Gasteiger partial charge in [-0.2, -0.15) is 9.57 Å². The molecule has 1 aliphatic heterocycles. The van der Waals surface area contributed by atoms with Crippen LogP contribution >= 0.6 is 0 Å². The maximum absolute atomic E-state index is 12.7. The zero-order chi connectivity index (χ0) is 25.6. The molecule has 0 N–H and O–H groups in total. The Morgan fingerprint density at radius 1 is 1.19 bits per heavy atom. The number of sulfonamides is 1. The third-order valence-corrected chi connectivity index (χ3v) is 10.8. The van der Waals surface area contributed by atoms with Crippen molar-refractivity contribution in [3.8, 4) is 17.3 Å². The van der Waals surface area contributed by atoms with Gasteiger partial charge in [0.15, 0.2) is 0 Å². The molecule has 192 valence electrons. The lowest BCUT2D eigenvalue weighted by molar-refractivity contribution is 0.0849. The van der Waals surface area contributed by atoms with Crippen molar-refractivity contribution in [2.45, 2.75) is 57.2 Å². The number of nitriles is 1. The third kappa shape index (κ3) is 5.13. The summed E-state index contributed by atoms with van der Waals surface area (Å²) < 4.78 is 36.9. The largest absolute Gasteiger partial charge is 0.361 e. The molecule has 5 rings (SSSR count). The first kappa shape index (κ1) is 25.1. The van der Waals surface area contributed by atoms with E-state index < -0.39 is 23.6 Å². The standard InChI is InChI=1S/C25H34N6O3SSi/c1-36(2,3)13-12-34-19-29-10-7-22-23(27-18-28-24(22)29)21-6-11-30(14-21)25(8-9-26)16-31(17-25)35(32,33)15-20-4-5-20/h6-7,10-11,14,18,20H,4-5,8,12-13,15-17,19H2,1-3H3. The lowest BCUT2D eigenvalue weighted by atomic mass is 9.89. The van der Waals surface area contributed by atoms with Gasteiger partial charge in [-0.1, -0.05) is 19.6 Å². The molecule has 0 amide bonds. The summed E-state index contributed by atoms with van der Waals surface area (Å²) in [7, 11) is -4.41. The molecule has 1 saturated carbocycles. The van der Waals surface area contributed by atoms with E-state index in [1.165, 1.54) is 4.31 Å². The van der Waals surface area contributed by atoms with E-state index in [1.54, 1.807) is 6.33 Å². The van der Waals surface area contributed by atoms with Crippen molar-refractivity contribution in [2.24, 2.45) is 5.92 Å². The maximum atomic E-state index is 12.7. The van der Waals surface area contributed by atoms with Gasteiger partial charge in [-0.15, -0.1) is 0 Å². The highest BCUT2D eigenvalue weighted by Gasteiger charge is 2.50. The minimum Gasteiger partial charge on any atom is -0.361 e. The minimum absolute atomic E-state index is 0.227. The Balaban J connectivity index is 1.33. The van der Waals surface area contributed by atoms with E-state index in [1.807, 2.05) is 39.9 Å². The zero-order valence-corrected chi connectivity index (χ0v) is 23.0. The average Bonchev–Trinajstić information content (AvgIpc) is 3.29. The number of fused-ring (bicyclic) bond motifs is 1. The predicted molar refractivity (Wildman–Crippen MR) is 141 cm³/mol. The van der Waals surface area contributed by atoms with Crippen molar-refractivity contribution in [1.82, 2.24) is 23.4 Å². The van der Waals surface area contributed by atoms with E-state index in [0.29, 0.717) is 25.7 Å². The van der Waals surface area contributed by atoms with Gasteiger partial charge < -0.3 is 13.9 Å². The van der Waals surface area contributed by atoms with Gasteiger partial charge in [0.25, 0.3) is 0 Å². The van der Waals surface area contributed by atoms with Crippen molar-refractivity contribution in [3.05, 3.63) is 37.1 Å². The van der Waals surface area contributed by atoms with Crippen LogP contribution in [0.1, 0.15) is 19.3 Å². The zero-order valence-electron chi connectivity index (χ0n) is 21.2. The van der Waals surface area contributed by atoms with Gasteiger partial charge in [-0.25, -0.2) is 18.4 Å². The quantitative estimate of drug-likeness (QED) is 0.277. The molecule has 11 heteroatoms. The van der Waals surface area contributed by atoms with Gasteiger partial charge in [-0.05, 0) is 36.9 Å². The third-order valence-electron chi connectivity index (χ3n) is 7.18. The van der Waals surface area contributed by atoms with Crippen LogP contribution in [0.2, 0.25) is 25.7 Å². The molecule has 0 atom stereocenters. The van der Waals surface area contributed by atoms with Gasteiger partial charge in [0.2, 0.25) is 10.0 Å². The molecular weight excluding hydrogens is 492 g/mol. The Morgan fingerprint density at radius 3 is 2.67 bits per heavy atom. The fourth-order valence-electron chi connectivity index (χ4n) is 4.72. The Morgan fingerprint density at radius 2 is 1.97 bits per heavy atom. The van der Waals surface area contributed by atoms with Crippen LogP contribution in [0, 0.1) is 17.2 Å². The molecule has 4 heterocycles. The van der Waals surface area contributed by atoms with E-state index in [0.717, 1.165) is 47.8 Å². The molecule has 3 aromatic rings. The van der Waals surface area contributed by atoms with Crippen LogP contribution < -0.4 is 0 Å². The van der Waals surface area contributed by atoms with Gasteiger partial charge in [0.05, 0.1) is 29.5 Å².